The highest BCUT2D eigenvalue weighted by molar-refractivity contribution is 5.98. The zero-order chi connectivity index (χ0) is 24.7. The Labute approximate surface area is 210 Å². The molecule has 0 aliphatic carbocycles. The van der Waals surface area contributed by atoms with Crippen LogP contribution in [0.1, 0.15) is 28.7 Å². The number of benzene rings is 1. The molecule has 4 heterocycles. The minimum Gasteiger partial charge on any atom is -0.367 e. The molecule has 3 aromatic heterocycles. The van der Waals surface area contributed by atoms with Crippen molar-refractivity contribution in [3.63, 3.8) is 0 Å². The molecule has 0 radical (unpaired) electrons. The molecule has 1 fully saturated rings. The number of carbonyl (C=O) groups excluding carboxylic acids is 1. The maximum atomic E-state index is 12.8. The smallest absolute Gasteiger partial charge is 0.233 e. The number of hydrogen-bond donors (Lipinski definition) is 1. The quantitative estimate of drug-likeness (QED) is 0.378. The molecule has 0 amide bonds. The molecule has 9 heteroatoms. The van der Waals surface area contributed by atoms with Crippen molar-refractivity contribution in [1.82, 2.24) is 24.9 Å². The van der Waals surface area contributed by atoms with Crippen LogP contribution in [0.15, 0.2) is 73.2 Å². The summed E-state index contributed by atoms with van der Waals surface area (Å²) in [6.45, 7) is 5.32. The molecule has 9 nitrogen and oxygen atoms in total. The van der Waals surface area contributed by atoms with Crippen LogP contribution in [0.25, 0.3) is 0 Å². The number of anilines is 4. The third-order valence-corrected chi connectivity index (χ3v) is 6.09. The van der Waals surface area contributed by atoms with E-state index in [0.29, 0.717) is 41.9 Å². The van der Waals surface area contributed by atoms with E-state index in [1.54, 1.807) is 24.5 Å². The molecule has 1 aromatic carbocycles. The molecule has 4 aromatic rings. The van der Waals surface area contributed by atoms with E-state index in [1.165, 1.54) is 0 Å². The minimum atomic E-state index is 0.0312. The van der Waals surface area contributed by atoms with Gasteiger partial charge in [-0.3, -0.25) is 9.78 Å². The first-order chi connectivity index (χ1) is 17.7. The van der Waals surface area contributed by atoms with Crippen molar-refractivity contribution in [1.29, 1.82) is 0 Å². The van der Waals surface area contributed by atoms with Crippen LogP contribution in [-0.2, 0) is 12.8 Å². The first kappa shape index (κ1) is 23.3. The number of hydrogen-bond acceptors (Lipinski definition) is 9. The van der Waals surface area contributed by atoms with E-state index in [9.17, 15) is 4.79 Å². The molecule has 1 aliphatic rings. The van der Waals surface area contributed by atoms with Gasteiger partial charge in [0.1, 0.15) is 11.6 Å². The summed E-state index contributed by atoms with van der Waals surface area (Å²) in [5.41, 5.74) is 2.69. The largest absolute Gasteiger partial charge is 0.367 e. The number of piperazine rings is 1. The summed E-state index contributed by atoms with van der Waals surface area (Å²) in [4.78, 5) is 39.8. The van der Waals surface area contributed by atoms with E-state index in [0.717, 1.165) is 37.4 Å². The second-order valence-corrected chi connectivity index (χ2v) is 8.55. The Morgan fingerprint density at radius 2 is 1.72 bits per heavy atom. The molecule has 36 heavy (non-hydrogen) atoms. The predicted molar refractivity (Wildman–Crippen MR) is 140 cm³/mol. The van der Waals surface area contributed by atoms with Crippen molar-refractivity contribution in [3.8, 4) is 0 Å². The van der Waals surface area contributed by atoms with Gasteiger partial charge in [0.25, 0.3) is 0 Å². The Balaban J connectivity index is 1.29. The second-order valence-electron chi connectivity index (χ2n) is 8.55. The highest BCUT2D eigenvalue weighted by atomic mass is 16.1. The van der Waals surface area contributed by atoms with Crippen LogP contribution < -0.4 is 15.1 Å². The fourth-order valence-corrected chi connectivity index (χ4v) is 4.14. The van der Waals surface area contributed by atoms with Gasteiger partial charge in [0, 0.05) is 57.0 Å². The Bertz CT molecular complexity index is 1310. The van der Waals surface area contributed by atoms with Gasteiger partial charge in [0.2, 0.25) is 11.9 Å². The third kappa shape index (κ3) is 5.63. The average Bonchev–Trinajstić information content (AvgIpc) is 2.94. The monoisotopic (exact) mass is 480 g/mol. The summed E-state index contributed by atoms with van der Waals surface area (Å²) in [5, 5.41) is 3.18. The molecular formula is C27H28N8O. The Morgan fingerprint density at radius 3 is 2.47 bits per heavy atom. The van der Waals surface area contributed by atoms with E-state index in [1.807, 2.05) is 49.5 Å². The number of ketones is 1. The standard InChI is InChI=1S/C27H28N8O/c1-2-24-30-26(31-25-18-21(10-12-29-25)23(36)17-20-7-4-3-5-8-20)33-27(32-24)35-15-13-34(14-16-35)22-9-6-11-28-19-22/h3-12,18-19H,2,13-17H2,1H3,(H,29,30,31,32,33). The fraction of sp³-hybridized carbons (Fsp3) is 0.259. The maximum absolute atomic E-state index is 12.8. The van der Waals surface area contributed by atoms with Crippen molar-refractivity contribution in [2.24, 2.45) is 0 Å². The molecule has 1 N–H and O–H groups in total. The molecule has 0 unspecified atom stereocenters. The topological polar surface area (TPSA) is 100 Å². The van der Waals surface area contributed by atoms with E-state index >= 15 is 0 Å². The third-order valence-electron chi connectivity index (χ3n) is 6.09. The molecule has 1 aliphatic heterocycles. The fourth-order valence-electron chi connectivity index (χ4n) is 4.14. The average molecular weight is 481 g/mol. The number of aromatic nitrogens is 5. The van der Waals surface area contributed by atoms with Crippen LogP contribution in [0, 0.1) is 0 Å². The highest BCUT2D eigenvalue weighted by Gasteiger charge is 2.21. The number of nitrogens with one attached hydrogen (secondary N) is 1. The summed E-state index contributed by atoms with van der Waals surface area (Å²) in [5.74, 6) is 2.32. The van der Waals surface area contributed by atoms with Crippen molar-refractivity contribution < 1.29 is 4.79 Å². The van der Waals surface area contributed by atoms with Crippen molar-refractivity contribution in [2.45, 2.75) is 19.8 Å². The maximum Gasteiger partial charge on any atom is 0.233 e. The number of nitrogens with zero attached hydrogens (tertiary/aromatic N) is 7. The van der Waals surface area contributed by atoms with Gasteiger partial charge in [0.15, 0.2) is 5.78 Å². The van der Waals surface area contributed by atoms with Gasteiger partial charge in [-0.05, 0) is 29.8 Å². The first-order valence-corrected chi connectivity index (χ1v) is 12.1. The summed E-state index contributed by atoms with van der Waals surface area (Å²) in [7, 11) is 0. The van der Waals surface area contributed by atoms with Gasteiger partial charge in [-0.15, -0.1) is 0 Å². The molecule has 0 spiro atoms. The van der Waals surface area contributed by atoms with E-state index in [4.69, 9.17) is 0 Å². The van der Waals surface area contributed by atoms with Crippen LogP contribution in [-0.4, -0.2) is 56.9 Å². The molecule has 5 rings (SSSR count). The number of aryl methyl sites for hydroxylation is 1. The van der Waals surface area contributed by atoms with Crippen molar-refractivity contribution >= 4 is 29.2 Å². The summed E-state index contributed by atoms with van der Waals surface area (Å²) < 4.78 is 0. The van der Waals surface area contributed by atoms with Gasteiger partial charge >= 0.3 is 0 Å². The van der Waals surface area contributed by atoms with Crippen LogP contribution in [0.2, 0.25) is 0 Å². The molecule has 0 atom stereocenters. The Hall–Kier alpha value is -4.40. The molecular weight excluding hydrogens is 452 g/mol. The summed E-state index contributed by atoms with van der Waals surface area (Å²) >= 11 is 0. The normalized spacial score (nSPS) is 13.5. The number of carbonyl (C=O) groups is 1. The van der Waals surface area contributed by atoms with Crippen LogP contribution in [0.4, 0.5) is 23.4 Å². The lowest BCUT2D eigenvalue weighted by Gasteiger charge is -2.36. The zero-order valence-electron chi connectivity index (χ0n) is 20.2. The lowest BCUT2D eigenvalue weighted by atomic mass is 10.0. The van der Waals surface area contributed by atoms with Gasteiger partial charge in [-0.25, -0.2) is 4.98 Å². The van der Waals surface area contributed by atoms with Gasteiger partial charge < -0.3 is 15.1 Å². The van der Waals surface area contributed by atoms with Gasteiger partial charge in [-0.2, -0.15) is 15.0 Å². The van der Waals surface area contributed by atoms with E-state index < -0.39 is 0 Å². The summed E-state index contributed by atoms with van der Waals surface area (Å²) in [6, 6.07) is 17.2. The van der Waals surface area contributed by atoms with Crippen molar-refractivity contribution in [3.05, 3.63) is 90.1 Å². The van der Waals surface area contributed by atoms with Crippen LogP contribution in [0.3, 0.4) is 0 Å². The second kappa shape index (κ2) is 10.9. The highest BCUT2D eigenvalue weighted by Crippen LogP contribution is 2.20. The van der Waals surface area contributed by atoms with Crippen LogP contribution in [0.5, 0.6) is 0 Å². The zero-order valence-corrected chi connectivity index (χ0v) is 20.2. The Morgan fingerprint density at radius 1 is 0.917 bits per heavy atom. The molecule has 0 bridgehead atoms. The van der Waals surface area contributed by atoms with Gasteiger partial charge in [0.05, 0.1) is 11.9 Å². The first-order valence-electron chi connectivity index (χ1n) is 12.1. The van der Waals surface area contributed by atoms with Crippen LogP contribution >= 0.6 is 0 Å². The number of rotatable bonds is 8. The predicted octanol–water partition coefficient (Wildman–Crippen LogP) is 3.72. The SMILES string of the molecule is CCc1nc(Nc2cc(C(=O)Cc3ccccc3)ccn2)nc(N2CCN(c3cccnc3)CC2)n1. The van der Waals surface area contributed by atoms with Crippen molar-refractivity contribution in [2.75, 3.05) is 41.3 Å². The van der Waals surface area contributed by atoms with E-state index in [2.05, 4.69) is 46.1 Å². The van der Waals surface area contributed by atoms with Gasteiger partial charge in [-0.1, -0.05) is 37.3 Å². The van der Waals surface area contributed by atoms with E-state index in [-0.39, 0.29) is 5.78 Å². The lowest BCUT2D eigenvalue weighted by molar-refractivity contribution is 0.0993. The lowest BCUT2D eigenvalue weighted by Crippen LogP contribution is -2.47. The molecule has 1 saturated heterocycles. The molecule has 182 valence electrons. The number of Topliss-reactive ketones (excluding diaryl/α,β-unsaturated/α-hetero) is 1. The Kier molecular flexibility index (Phi) is 7.07. The molecule has 0 saturated carbocycles. The number of pyridine rings is 2. The summed E-state index contributed by atoms with van der Waals surface area (Å²) in [6.07, 6.45) is 6.33. The minimum absolute atomic E-state index is 0.0312.